The number of nitrogens with zero attached hydrogens (tertiary/aromatic N) is 2. The number of nitrogens with one attached hydrogen (secondary N) is 3. The molecule has 0 saturated heterocycles. The summed E-state index contributed by atoms with van der Waals surface area (Å²) in [6, 6.07) is 13.7. The highest BCUT2D eigenvalue weighted by atomic mass is 35.5. The topological polar surface area (TPSA) is 88.1 Å². The molecule has 0 spiro atoms. The first-order valence-corrected chi connectivity index (χ1v) is 9.09. The third-order valence-electron chi connectivity index (χ3n) is 3.76. The van der Waals surface area contributed by atoms with Crippen molar-refractivity contribution < 1.29 is 9.59 Å². The number of halogens is 2. The summed E-state index contributed by atoms with van der Waals surface area (Å²) < 4.78 is 1.67. The molecule has 3 aromatic rings. The molecule has 3 rings (SSSR count). The van der Waals surface area contributed by atoms with Crippen LogP contribution in [0.25, 0.3) is 5.69 Å². The highest BCUT2D eigenvalue weighted by Crippen LogP contribution is 2.25. The van der Waals surface area contributed by atoms with Gasteiger partial charge in [0, 0.05) is 16.8 Å². The number of aromatic nitrogens is 2. The van der Waals surface area contributed by atoms with Crippen LogP contribution < -0.4 is 16.0 Å². The van der Waals surface area contributed by atoms with Gasteiger partial charge in [-0.05, 0) is 37.3 Å². The number of carbonyl (C=O) groups excluding carboxylic acids is 2. The van der Waals surface area contributed by atoms with Crippen molar-refractivity contribution in [1.29, 1.82) is 0 Å². The monoisotopic (exact) mass is 417 g/mol. The van der Waals surface area contributed by atoms with Crippen molar-refractivity contribution in [3.63, 3.8) is 0 Å². The number of carbonyl (C=O) groups is 2. The van der Waals surface area contributed by atoms with Gasteiger partial charge < -0.3 is 10.6 Å². The number of para-hydroxylation sites is 1. The summed E-state index contributed by atoms with van der Waals surface area (Å²) in [6.07, 6.45) is 1.80. The van der Waals surface area contributed by atoms with Crippen molar-refractivity contribution >= 4 is 46.6 Å². The minimum absolute atomic E-state index is 0.243. The summed E-state index contributed by atoms with van der Waals surface area (Å²) in [5.74, 6) is -0.0366. The number of hydrogen-bond donors (Lipinski definition) is 3. The number of anilines is 2. The molecule has 0 saturated carbocycles. The Balaban J connectivity index is 1.55. The van der Waals surface area contributed by atoms with Crippen LogP contribution in [0, 0.1) is 6.92 Å². The van der Waals surface area contributed by atoms with Gasteiger partial charge >= 0.3 is 6.03 Å². The molecule has 144 valence electrons. The SMILES string of the molecule is Cc1cn(-c2ccccc2)nc1NC(=O)NCC(=O)Nc1cc(Cl)ccc1Cl. The second kappa shape index (κ2) is 8.77. The molecule has 28 heavy (non-hydrogen) atoms. The molecule has 0 unspecified atom stereocenters. The molecule has 0 fully saturated rings. The van der Waals surface area contributed by atoms with E-state index in [2.05, 4.69) is 21.0 Å². The van der Waals surface area contributed by atoms with Crippen molar-refractivity contribution in [3.05, 3.63) is 70.3 Å². The Kier molecular flexibility index (Phi) is 6.18. The van der Waals surface area contributed by atoms with Gasteiger partial charge in [0.1, 0.15) is 0 Å². The fraction of sp³-hybridized carbons (Fsp3) is 0.105. The van der Waals surface area contributed by atoms with E-state index in [-0.39, 0.29) is 6.54 Å². The summed E-state index contributed by atoms with van der Waals surface area (Å²) in [5.41, 5.74) is 2.03. The molecular formula is C19H17Cl2N5O2. The lowest BCUT2D eigenvalue weighted by Gasteiger charge is -2.09. The van der Waals surface area contributed by atoms with Gasteiger partial charge in [-0.1, -0.05) is 41.4 Å². The lowest BCUT2D eigenvalue weighted by molar-refractivity contribution is -0.115. The van der Waals surface area contributed by atoms with Crippen molar-refractivity contribution in [1.82, 2.24) is 15.1 Å². The number of amides is 3. The Bertz CT molecular complexity index is 1000. The first-order valence-electron chi connectivity index (χ1n) is 8.34. The summed E-state index contributed by atoms with van der Waals surface area (Å²) in [4.78, 5) is 24.1. The maximum atomic E-state index is 12.1. The molecule has 0 aliphatic carbocycles. The number of rotatable bonds is 5. The van der Waals surface area contributed by atoms with E-state index < -0.39 is 11.9 Å². The van der Waals surface area contributed by atoms with Gasteiger partial charge in [0.2, 0.25) is 5.91 Å². The van der Waals surface area contributed by atoms with Crippen LogP contribution in [0.15, 0.2) is 54.7 Å². The summed E-state index contributed by atoms with van der Waals surface area (Å²) in [5, 5.41) is 12.8. The third-order valence-corrected chi connectivity index (χ3v) is 4.33. The van der Waals surface area contributed by atoms with Crippen LogP contribution in [0.1, 0.15) is 5.56 Å². The summed E-state index contributed by atoms with van der Waals surface area (Å²) in [7, 11) is 0. The zero-order valence-corrected chi connectivity index (χ0v) is 16.4. The van der Waals surface area contributed by atoms with Crippen LogP contribution in [0.5, 0.6) is 0 Å². The van der Waals surface area contributed by atoms with Gasteiger partial charge in [-0.3, -0.25) is 10.1 Å². The van der Waals surface area contributed by atoms with Crippen LogP contribution in [0.2, 0.25) is 10.0 Å². The largest absolute Gasteiger partial charge is 0.329 e. The number of benzene rings is 2. The predicted molar refractivity (Wildman–Crippen MR) is 110 cm³/mol. The van der Waals surface area contributed by atoms with Crippen molar-refractivity contribution in [2.45, 2.75) is 6.92 Å². The van der Waals surface area contributed by atoms with Gasteiger partial charge in [-0.2, -0.15) is 0 Å². The second-order valence-corrected chi connectivity index (χ2v) is 6.76. The standard InChI is InChI=1S/C19H17Cl2N5O2/c1-12-11-26(14-5-3-2-4-6-14)25-18(12)24-19(28)22-10-17(27)23-16-9-13(20)7-8-15(16)21/h2-9,11H,10H2,1H3,(H,23,27)(H2,22,24,25,28). The molecule has 0 atom stereocenters. The average molecular weight is 418 g/mol. The third kappa shape index (κ3) is 5.03. The molecule has 7 nitrogen and oxygen atoms in total. The van der Waals surface area contributed by atoms with Gasteiger partial charge in [-0.15, -0.1) is 5.10 Å². The van der Waals surface area contributed by atoms with Crippen molar-refractivity contribution in [3.8, 4) is 5.69 Å². The zero-order chi connectivity index (χ0) is 20.1. The molecule has 0 aliphatic heterocycles. The normalized spacial score (nSPS) is 10.4. The van der Waals surface area contributed by atoms with Crippen LogP contribution in [-0.2, 0) is 4.79 Å². The Hall–Kier alpha value is -3.03. The van der Waals surface area contributed by atoms with E-state index in [1.807, 2.05) is 37.3 Å². The van der Waals surface area contributed by atoms with E-state index in [0.717, 1.165) is 11.3 Å². The zero-order valence-electron chi connectivity index (χ0n) is 14.9. The summed E-state index contributed by atoms with van der Waals surface area (Å²) in [6.45, 7) is 1.59. The van der Waals surface area contributed by atoms with Crippen molar-refractivity contribution in [2.75, 3.05) is 17.2 Å². The Morgan fingerprint density at radius 3 is 2.57 bits per heavy atom. The quantitative estimate of drug-likeness (QED) is 0.579. The van der Waals surface area contributed by atoms with Gasteiger partial charge in [0.05, 0.1) is 22.9 Å². The first-order chi connectivity index (χ1) is 13.4. The van der Waals surface area contributed by atoms with E-state index in [0.29, 0.717) is 21.6 Å². The van der Waals surface area contributed by atoms with E-state index in [1.54, 1.807) is 23.0 Å². The molecule has 0 bridgehead atoms. The number of urea groups is 1. The predicted octanol–water partition coefficient (Wildman–Crippen LogP) is 4.25. The molecule has 3 amide bonds. The smallest absolute Gasteiger partial charge is 0.320 e. The van der Waals surface area contributed by atoms with Crippen LogP contribution in [-0.4, -0.2) is 28.3 Å². The van der Waals surface area contributed by atoms with Crippen LogP contribution in [0.3, 0.4) is 0 Å². The van der Waals surface area contributed by atoms with Crippen LogP contribution in [0.4, 0.5) is 16.3 Å². The van der Waals surface area contributed by atoms with Crippen LogP contribution >= 0.6 is 23.2 Å². The van der Waals surface area contributed by atoms with Gasteiger partial charge in [-0.25, -0.2) is 9.48 Å². The molecule has 1 aromatic heterocycles. The van der Waals surface area contributed by atoms with Gasteiger partial charge in [0.15, 0.2) is 5.82 Å². The highest BCUT2D eigenvalue weighted by molar-refractivity contribution is 6.35. The number of hydrogen-bond acceptors (Lipinski definition) is 3. The van der Waals surface area contributed by atoms with Crippen molar-refractivity contribution in [2.24, 2.45) is 0 Å². The number of aryl methyl sites for hydroxylation is 1. The van der Waals surface area contributed by atoms with Gasteiger partial charge in [0.25, 0.3) is 0 Å². The second-order valence-electron chi connectivity index (χ2n) is 5.92. The molecule has 1 heterocycles. The Labute approximate surface area is 171 Å². The maximum absolute atomic E-state index is 12.1. The molecule has 2 aromatic carbocycles. The maximum Gasteiger partial charge on any atom is 0.320 e. The lowest BCUT2D eigenvalue weighted by Crippen LogP contribution is -2.36. The molecule has 0 radical (unpaired) electrons. The van der Waals surface area contributed by atoms with E-state index in [1.165, 1.54) is 6.07 Å². The Morgan fingerprint density at radius 2 is 1.82 bits per heavy atom. The molecule has 9 heteroatoms. The molecule has 0 aliphatic rings. The fourth-order valence-corrected chi connectivity index (χ4v) is 2.73. The summed E-state index contributed by atoms with van der Waals surface area (Å²) >= 11 is 11.9. The minimum atomic E-state index is -0.547. The average Bonchev–Trinajstić information content (AvgIpc) is 3.04. The molecular weight excluding hydrogens is 401 g/mol. The minimum Gasteiger partial charge on any atom is -0.329 e. The highest BCUT2D eigenvalue weighted by Gasteiger charge is 2.12. The lowest BCUT2D eigenvalue weighted by atomic mass is 10.3. The van der Waals surface area contributed by atoms with E-state index in [9.17, 15) is 9.59 Å². The fourth-order valence-electron chi connectivity index (χ4n) is 2.40. The Morgan fingerprint density at radius 1 is 1.07 bits per heavy atom. The van der Waals surface area contributed by atoms with E-state index in [4.69, 9.17) is 23.2 Å². The van der Waals surface area contributed by atoms with E-state index >= 15 is 0 Å². The molecule has 3 N–H and O–H groups in total. The first kappa shape index (κ1) is 19.7.